The van der Waals surface area contributed by atoms with Crippen molar-refractivity contribution >= 4 is 11.9 Å². The molecule has 0 atom stereocenters. The molecule has 0 saturated carbocycles. The smallest absolute Gasteiger partial charge is 0.360 e. The van der Waals surface area contributed by atoms with Crippen LogP contribution in [0.2, 0.25) is 0 Å². The van der Waals surface area contributed by atoms with E-state index in [-0.39, 0.29) is 18.7 Å². The molecule has 1 aromatic heterocycles. The first-order valence-electron chi connectivity index (χ1n) is 6.33. The van der Waals surface area contributed by atoms with E-state index in [2.05, 4.69) is 10.3 Å². The Hall–Kier alpha value is -1.92. The Kier molecular flexibility index (Phi) is 5.47. The fraction of sp³-hybridized carbons (Fsp3) is 0.667. The number of carbonyl (C=O) groups is 2. The van der Waals surface area contributed by atoms with Crippen molar-refractivity contribution in [3.05, 3.63) is 11.4 Å². The summed E-state index contributed by atoms with van der Waals surface area (Å²) in [7, 11) is 0. The van der Waals surface area contributed by atoms with Crippen molar-refractivity contribution in [1.82, 2.24) is 15.0 Å². The summed E-state index contributed by atoms with van der Waals surface area (Å²) in [6.07, 6.45) is 0.802. The number of rotatable bonds is 7. The summed E-state index contributed by atoms with van der Waals surface area (Å²) in [5.41, 5.74) is 6.03. The third-order valence-corrected chi connectivity index (χ3v) is 2.48. The summed E-state index contributed by atoms with van der Waals surface area (Å²) in [6.45, 7) is 6.40. The highest BCUT2D eigenvalue weighted by atomic mass is 16.5. The van der Waals surface area contributed by atoms with E-state index in [1.54, 1.807) is 11.6 Å². The van der Waals surface area contributed by atoms with Gasteiger partial charge in [0.25, 0.3) is 0 Å². The van der Waals surface area contributed by atoms with Gasteiger partial charge in [0.1, 0.15) is 0 Å². The number of nitrogens with two attached hydrogens (primary N) is 1. The topological polar surface area (TPSA) is 100 Å². The maximum atomic E-state index is 11.8. The quantitative estimate of drug-likeness (QED) is 0.727. The maximum Gasteiger partial charge on any atom is 0.360 e. The molecule has 1 heterocycles. The number of aromatic nitrogens is 3. The van der Waals surface area contributed by atoms with Crippen molar-refractivity contribution in [2.45, 2.75) is 40.2 Å². The van der Waals surface area contributed by atoms with Crippen LogP contribution in [0.25, 0.3) is 0 Å². The van der Waals surface area contributed by atoms with Crippen LogP contribution in [0.15, 0.2) is 0 Å². The first kappa shape index (κ1) is 15.1. The van der Waals surface area contributed by atoms with Gasteiger partial charge >= 0.3 is 5.97 Å². The molecular weight excluding hydrogens is 248 g/mol. The second-order valence-electron chi connectivity index (χ2n) is 4.64. The number of esters is 1. The molecule has 7 nitrogen and oxygen atoms in total. The predicted octanol–water partition coefficient (Wildman–Crippen LogP) is 0.529. The summed E-state index contributed by atoms with van der Waals surface area (Å²) in [4.78, 5) is 22.6. The van der Waals surface area contributed by atoms with Crippen LogP contribution in [0.5, 0.6) is 0 Å². The van der Waals surface area contributed by atoms with Crippen LogP contribution in [0.3, 0.4) is 0 Å². The first-order chi connectivity index (χ1) is 8.95. The number of hydrogen-bond donors (Lipinski definition) is 1. The zero-order chi connectivity index (χ0) is 14.4. The van der Waals surface area contributed by atoms with Crippen molar-refractivity contribution in [3.63, 3.8) is 0 Å². The summed E-state index contributed by atoms with van der Waals surface area (Å²) >= 11 is 0. The van der Waals surface area contributed by atoms with E-state index >= 15 is 0 Å². The van der Waals surface area contributed by atoms with Gasteiger partial charge in [-0.2, -0.15) is 0 Å². The number of aryl methyl sites for hydroxylation is 1. The predicted molar refractivity (Wildman–Crippen MR) is 68.3 cm³/mol. The molecule has 0 aliphatic carbocycles. The molecule has 0 aliphatic heterocycles. The van der Waals surface area contributed by atoms with Crippen LogP contribution in [-0.2, 0) is 22.5 Å². The van der Waals surface area contributed by atoms with Gasteiger partial charge < -0.3 is 10.5 Å². The van der Waals surface area contributed by atoms with Gasteiger partial charge in [-0.25, -0.2) is 9.48 Å². The van der Waals surface area contributed by atoms with Crippen LogP contribution >= 0.6 is 0 Å². The zero-order valence-corrected chi connectivity index (χ0v) is 11.5. The largest absolute Gasteiger partial charge is 0.461 e. The van der Waals surface area contributed by atoms with Gasteiger partial charge in [0.15, 0.2) is 5.69 Å². The highest BCUT2D eigenvalue weighted by Crippen LogP contribution is 2.13. The second-order valence-corrected chi connectivity index (χ2v) is 4.64. The number of primary amides is 1. The van der Waals surface area contributed by atoms with Crippen LogP contribution < -0.4 is 5.73 Å². The molecule has 0 aliphatic rings. The Morgan fingerprint density at radius 2 is 2.11 bits per heavy atom. The van der Waals surface area contributed by atoms with Crippen LogP contribution in [0.4, 0.5) is 0 Å². The highest BCUT2D eigenvalue weighted by Gasteiger charge is 2.21. The number of carbonyl (C=O) groups excluding carboxylic acids is 2. The summed E-state index contributed by atoms with van der Waals surface area (Å²) in [5, 5.41) is 7.75. The minimum atomic E-state index is -0.483. The molecule has 1 amide bonds. The third kappa shape index (κ3) is 4.35. The molecule has 0 spiro atoms. The molecule has 1 rings (SSSR count). The molecule has 2 N–H and O–H groups in total. The average molecular weight is 268 g/mol. The summed E-state index contributed by atoms with van der Waals surface area (Å²) in [6, 6.07) is 0. The van der Waals surface area contributed by atoms with Gasteiger partial charge in [0.05, 0.1) is 18.8 Å². The van der Waals surface area contributed by atoms with Gasteiger partial charge in [0.2, 0.25) is 5.91 Å². The number of hydrogen-bond acceptors (Lipinski definition) is 5. The van der Waals surface area contributed by atoms with E-state index in [1.165, 1.54) is 0 Å². The van der Waals surface area contributed by atoms with E-state index in [0.717, 1.165) is 0 Å². The molecule has 0 aromatic carbocycles. The summed E-state index contributed by atoms with van der Waals surface area (Å²) < 4.78 is 6.50. The van der Waals surface area contributed by atoms with Gasteiger partial charge in [-0.1, -0.05) is 19.1 Å². The van der Waals surface area contributed by atoms with Crippen molar-refractivity contribution in [3.8, 4) is 0 Å². The fourth-order valence-corrected chi connectivity index (χ4v) is 1.68. The van der Waals surface area contributed by atoms with Gasteiger partial charge in [0, 0.05) is 6.42 Å². The number of nitrogens with zero attached hydrogens (tertiary/aromatic N) is 3. The van der Waals surface area contributed by atoms with Crippen LogP contribution in [0.1, 0.15) is 43.4 Å². The Balaban J connectivity index is 2.97. The molecule has 0 unspecified atom stereocenters. The van der Waals surface area contributed by atoms with Crippen molar-refractivity contribution in [2.75, 3.05) is 6.61 Å². The van der Waals surface area contributed by atoms with Gasteiger partial charge in [-0.3, -0.25) is 4.79 Å². The fourth-order valence-electron chi connectivity index (χ4n) is 1.68. The van der Waals surface area contributed by atoms with E-state index < -0.39 is 11.9 Å². The number of ether oxygens (including phenoxy) is 1. The first-order valence-corrected chi connectivity index (χ1v) is 6.33. The standard InChI is InChI=1S/C12H20N4O3/c1-4-19-12(18)11-9(7-8(2)3)16(15-14-11)6-5-10(13)17/h8H,4-7H2,1-3H3,(H2,13,17). The number of amides is 1. The Morgan fingerprint density at radius 1 is 1.42 bits per heavy atom. The Bertz CT molecular complexity index is 454. The molecule has 1 aromatic rings. The lowest BCUT2D eigenvalue weighted by molar-refractivity contribution is -0.118. The molecule has 0 saturated heterocycles. The lowest BCUT2D eigenvalue weighted by Crippen LogP contribution is -2.17. The van der Waals surface area contributed by atoms with Crippen molar-refractivity contribution in [1.29, 1.82) is 0 Å². The van der Waals surface area contributed by atoms with Crippen LogP contribution in [-0.4, -0.2) is 33.5 Å². The van der Waals surface area contributed by atoms with E-state index in [0.29, 0.717) is 24.6 Å². The molecule has 19 heavy (non-hydrogen) atoms. The van der Waals surface area contributed by atoms with E-state index in [4.69, 9.17) is 10.5 Å². The highest BCUT2D eigenvalue weighted by molar-refractivity contribution is 5.88. The van der Waals surface area contributed by atoms with Crippen molar-refractivity contribution < 1.29 is 14.3 Å². The normalized spacial score (nSPS) is 10.7. The molecular formula is C12H20N4O3. The minimum absolute atomic E-state index is 0.163. The van der Waals surface area contributed by atoms with Crippen LogP contribution in [0, 0.1) is 5.92 Å². The second kappa shape index (κ2) is 6.86. The maximum absolute atomic E-state index is 11.8. The zero-order valence-electron chi connectivity index (χ0n) is 11.5. The molecule has 0 fully saturated rings. The lowest BCUT2D eigenvalue weighted by atomic mass is 10.1. The molecule has 0 bridgehead atoms. The molecule has 106 valence electrons. The SMILES string of the molecule is CCOC(=O)c1nnn(CCC(N)=O)c1CC(C)C. The monoisotopic (exact) mass is 268 g/mol. The lowest BCUT2D eigenvalue weighted by Gasteiger charge is -2.09. The van der Waals surface area contributed by atoms with Crippen molar-refractivity contribution in [2.24, 2.45) is 11.7 Å². The average Bonchev–Trinajstić information content (AvgIpc) is 2.69. The Morgan fingerprint density at radius 3 is 2.63 bits per heavy atom. The van der Waals surface area contributed by atoms with Gasteiger partial charge in [-0.05, 0) is 19.3 Å². The summed E-state index contributed by atoms with van der Waals surface area (Å²) in [5.74, 6) is -0.564. The van der Waals surface area contributed by atoms with E-state index in [1.807, 2.05) is 13.8 Å². The third-order valence-electron chi connectivity index (χ3n) is 2.48. The minimum Gasteiger partial charge on any atom is -0.461 e. The van der Waals surface area contributed by atoms with Gasteiger partial charge in [-0.15, -0.1) is 5.10 Å². The Labute approximate surface area is 112 Å². The molecule has 0 radical (unpaired) electrons. The molecule has 7 heteroatoms. The van der Waals surface area contributed by atoms with E-state index in [9.17, 15) is 9.59 Å².